The highest BCUT2D eigenvalue weighted by Gasteiger charge is 1.93. The SMILES string of the molecule is CC(=O)CN(N)C=N. The summed E-state index contributed by atoms with van der Waals surface area (Å²) >= 11 is 0. The van der Waals surface area contributed by atoms with Crippen LogP contribution < -0.4 is 5.84 Å². The predicted molar refractivity (Wildman–Crippen MR) is 30.4 cm³/mol. The summed E-state index contributed by atoms with van der Waals surface area (Å²) in [5.41, 5.74) is 0. The average molecular weight is 115 g/mol. The van der Waals surface area contributed by atoms with E-state index in [4.69, 9.17) is 11.3 Å². The van der Waals surface area contributed by atoms with Crippen LogP contribution in [0.15, 0.2) is 0 Å². The second kappa shape index (κ2) is 3.15. The first-order chi connectivity index (χ1) is 3.66. The highest BCUT2D eigenvalue weighted by Crippen LogP contribution is 1.70. The van der Waals surface area contributed by atoms with Crippen LogP contribution in [0.5, 0.6) is 0 Å². The molecule has 0 spiro atoms. The summed E-state index contributed by atoms with van der Waals surface area (Å²) in [4.78, 5) is 10.2. The van der Waals surface area contributed by atoms with Crippen molar-refractivity contribution in [2.24, 2.45) is 5.84 Å². The maximum Gasteiger partial charge on any atom is 0.150 e. The largest absolute Gasteiger partial charge is 0.298 e. The molecule has 46 valence electrons. The van der Waals surface area contributed by atoms with E-state index in [0.29, 0.717) is 0 Å². The number of hydrogen-bond acceptors (Lipinski definition) is 3. The fourth-order valence-corrected chi connectivity index (χ4v) is 0.303. The molecule has 0 saturated heterocycles. The number of rotatable bonds is 3. The summed E-state index contributed by atoms with van der Waals surface area (Å²) in [5.74, 6) is 5.00. The van der Waals surface area contributed by atoms with Gasteiger partial charge in [-0.2, -0.15) is 0 Å². The number of hydrazine groups is 1. The Labute approximate surface area is 47.8 Å². The van der Waals surface area contributed by atoms with Crippen LogP contribution >= 0.6 is 0 Å². The lowest BCUT2D eigenvalue weighted by molar-refractivity contribution is -0.117. The lowest BCUT2D eigenvalue weighted by Gasteiger charge is -2.06. The zero-order valence-corrected chi connectivity index (χ0v) is 4.72. The van der Waals surface area contributed by atoms with E-state index in [1.165, 1.54) is 6.92 Å². The van der Waals surface area contributed by atoms with Gasteiger partial charge in [-0.3, -0.25) is 15.2 Å². The van der Waals surface area contributed by atoms with Gasteiger partial charge in [0.1, 0.15) is 0 Å². The summed E-state index contributed by atoms with van der Waals surface area (Å²) in [5, 5.41) is 7.54. The van der Waals surface area contributed by atoms with Gasteiger partial charge >= 0.3 is 0 Å². The molecule has 0 aromatic carbocycles. The summed E-state index contributed by atoms with van der Waals surface area (Å²) in [6.07, 6.45) is 0.904. The van der Waals surface area contributed by atoms with Crippen molar-refractivity contribution in [3.63, 3.8) is 0 Å². The van der Waals surface area contributed by atoms with E-state index in [1.807, 2.05) is 0 Å². The quantitative estimate of drug-likeness (QED) is 0.222. The normalized spacial score (nSPS) is 8.25. The molecule has 0 fully saturated rings. The minimum absolute atomic E-state index is 0.0454. The zero-order valence-electron chi connectivity index (χ0n) is 4.72. The van der Waals surface area contributed by atoms with Gasteiger partial charge in [0, 0.05) is 0 Å². The van der Waals surface area contributed by atoms with Gasteiger partial charge < -0.3 is 0 Å². The molecule has 0 aliphatic rings. The van der Waals surface area contributed by atoms with Crippen LogP contribution in [-0.4, -0.2) is 23.7 Å². The predicted octanol–water partition coefficient (Wildman–Crippen LogP) is -0.642. The number of hydrogen-bond donors (Lipinski definition) is 2. The average Bonchev–Trinajstić information content (AvgIpc) is 1.65. The molecule has 0 radical (unpaired) electrons. The van der Waals surface area contributed by atoms with Gasteiger partial charge in [-0.15, -0.1) is 0 Å². The minimum Gasteiger partial charge on any atom is -0.298 e. The number of nitrogens with zero attached hydrogens (tertiary/aromatic N) is 1. The van der Waals surface area contributed by atoms with Crippen molar-refractivity contribution in [2.45, 2.75) is 6.92 Å². The van der Waals surface area contributed by atoms with Crippen molar-refractivity contribution in [2.75, 3.05) is 6.54 Å². The van der Waals surface area contributed by atoms with E-state index in [9.17, 15) is 4.79 Å². The van der Waals surface area contributed by atoms with E-state index < -0.39 is 0 Å². The fraction of sp³-hybridized carbons (Fsp3) is 0.500. The lowest BCUT2D eigenvalue weighted by Crippen LogP contribution is -2.33. The molecule has 0 heterocycles. The van der Waals surface area contributed by atoms with E-state index in [1.54, 1.807) is 0 Å². The third-order valence-electron chi connectivity index (χ3n) is 0.571. The Bertz CT molecular complexity index is 101. The van der Waals surface area contributed by atoms with E-state index in [-0.39, 0.29) is 12.3 Å². The molecule has 0 bridgehead atoms. The monoisotopic (exact) mass is 115 g/mol. The second-order valence-electron chi connectivity index (χ2n) is 1.50. The number of carbonyl (C=O) groups excluding carboxylic acids is 1. The first-order valence-electron chi connectivity index (χ1n) is 2.18. The Kier molecular flexibility index (Phi) is 2.79. The summed E-state index contributed by atoms with van der Waals surface area (Å²) < 4.78 is 0. The molecule has 0 aromatic rings. The standard InChI is InChI=1S/C4H9N3O/c1-4(8)2-7(6)3-5/h3,5H,2,6H2,1H3. The molecule has 0 rings (SSSR count). The highest BCUT2D eigenvalue weighted by atomic mass is 16.1. The third-order valence-corrected chi connectivity index (χ3v) is 0.571. The van der Waals surface area contributed by atoms with Gasteiger partial charge in [-0.05, 0) is 6.92 Å². The zero-order chi connectivity index (χ0) is 6.57. The molecule has 3 N–H and O–H groups in total. The van der Waals surface area contributed by atoms with E-state index >= 15 is 0 Å². The molecule has 0 saturated carbocycles. The maximum absolute atomic E-state index is 10.2. The van der Waals surface area contributed by atoms with Crippen molar-refractivity contribution in [3.8, 4) is 0 Å². The van der Waals surface area contributed by atoms with Gasteiger partial charge in [0.15, 0.2) is 5.78 Å². The van der Waals surface area contributed by atoms with Crippen molar-refractivity contribution >= 4 is 12.1 Å². The fourth-order valence-electron chi connectivity index (χ4n) is 0.303. The third kappa shape index (κ3) is 3.30. The van der Waals surface area contributed by atoms with Crippen LogP contribution in [0.25, 0.3) is 0 Å². The summed E-state index contributed by atoms with van der Waals surface area (Å²) in [6, 6.07) is 0. The summed E-state index contributed by atoms with van der Waals surface area (Å²) in [7, 11) is 0. The topological polar surface area (TPSA) is 70.2 Å². The lowest BCUT2D eigenvalue weighted by atomic mass is 10.4. The minimum atomic E-state index is -0.0454. The number of carbonyl (C=O) groups is 1. The van der Waals surface area contributed by atoms with Gasteiger partial charge in [-0.1, -0.05) is 0 Å². The van der Waals surface area contributed by atoms with Gasteiger partial charge in [-0.25, -0.2) is 5.84 Å². The highest BCUT2D eigenvalue weighted by molar-refractivity contribution is 5.79. The smallest absolute Gasteiger partial charge is 0.150 e. The Morgan fingerprint density at radius 3 is 2.62 bits per heavy atom. The van der Waals surface area contributed by atoms with Crippen molar-refractivity contribution < 1.29 is 4.79 Å². The Morgan fingerprint density at radius 1 is 2.00 bits per heavy atom. The molecule has 0 unspecified atom stereocenters. The Balaban J connectivity index is 3.38. The number of ketones is 1. The number of nitrogens with one attached hydrogen (secondary N) is 1. The molecular weight excluding hydrogens is 106 g/mol. The van der Waals surface area contributed by atoms with Crippen LogP contribution in [0.3, 0.4) is 0 Å². The second-order valence-corrected chi connectivity index (χ2v) is 1.50. The molecule has 4 heteroatoms. The van der Waals surface area contributed by atoms with Crippen molar-refractivity contribution in [1.82, 2.24) is 5.01 Å². The molecule has 8 heavy (non-hydrogen) atoms. The van der Waals surface area contributed by atoms with E-state index in [2.05, 4.69) is 0 Å². The molecule has 0 atom stereocenters. The Hall–Kier alpha value is -0.900. The molecule has 4 nitrogen and oxygen atoms in total. The van der Waals surface area contributed by atoms with Gasteiger partial charge in [0.05, 0.1) is 12.9 Å². The molecule has 0 aliphatic carbocycles. The first kappa shape index (κ1) is 7.10. The van der Waals surface area contributed by atoms with Crippen LogP contribution in [0.4, 0.5) is 0 Å². The van der Waals surface area contributed by atoms with Crippen molar-refractivity contribution in [3.05, 3.63) is 0 Å². The first-order valence-corrected chi connectivity index (χ1v) is 2.18. The van der Waals surface area contributed by atoms with Gasteiger partial charge in [0.25, 0.3) is 0 Å². The molecule has 0 aliphatic heterocycles. The van der Waals surface area contributed by atoms with Crippen LogP contribution in [0.2, 0.25) is 0 Å². The van der Waals surface area contributed by atoms with Gasteiger partial charge in [0.2, 0.25) is 0 Å². The summed E-state index contributed by atoms with van der Waals surface area (Å²) in [6.45, 7) is 1.53. The molecular formula is C4H9N3O. The van der Waals surface area contributed by atoms with Crippen LogP contribution in [0, 0.1) is 5.41 Å². The van der Waals surface area contributed by atoms with Crippen LogP contribution in [-0.2, 0) is 4.79 Å². The maximum atomic E-state index is 10.2. The van der Waals surface area contributed by atoms with Crippen LogP contribution in [0.1, 0.15) is 6.92 Å². The van der Waals surface area contributed by atoms with E-state index in [0.717, 1.165) is 11.3 Å². The molecule has 0 amide bonds. The molecule has 0 aromatic heterocycles. The van der Waals surface area contributed by atoms with Crippen molar-refractivity contribution in [1.29, 1.82) is 5.41 Å². The number of Topliss-reactive ketones (excluding diaryl/α,β-unsaturated/α-hetero) is 1. The Morgan fingerprint density at radius 2 is 2.50 bits per heavy atom. The number of nitrogens with two attached hydrogens (primary N) is 1.